The van der Waals surface area contributed by atoms with Gasteiger partial charge in [0, 0.05) is 0 Å². The van der Waals surface area contributed by atoms with Gasteiger partial charge < -0.3 is 9.47 Å². The first-order valence-corrected chi connectivity index (χ1v) is 5.30. The fourth-order valence-corrected chi connectivity index (χ4v) is 1.69. The van der Waals surface area contributed by atoms with Crippen LogP contribution in [0.15, 0.2) is 23.5 Å². The fourth-order valence-electron chi connectivity index (χ4n) is 1.69. The number of carbonyl (C=O) groups is 1. The van der Waals surface area contributed by atoms with Crippen molar-refractivity contribution in [3.63, 3.8) is 0 Å². The van der Waals surface area contributed by atoms with Crippen molar-refractivity contribution in [2.75, 3.05) is 14.2 Å². The van der Waals surface area contributed by atoms with Crippen molar-refractivity contribution in [3.8, 4) is 0 Å². The van der Waals surface area contributed by atoms with Crippen LogP contribution in [0.5, 0.6) is 0 Å². The van der Waals surface area contributed by atoms with Crippen molar-refractivity contribution in [2.45, 2.75) is 32.1 Å². The minimum atomic E-state index is -0.426. The molecule has 3 heteroatoms. The second-order valence-electron chi connectivity index (χ2n) is 3.61. The first kappa shape index (κ1) is 11.8. The molecule has 0 N–H and O–H groups in total. The third-order valence-electron chi connectivity index (χ3n) is 2.57. The van der Waals surface area contributed by atoms with Gasteiger partial charge in [-0.05, 0) is 31.8 Å². The topological polar surface area (TPSA) is 35.5 Å². The lowest BCUT2D eigenvalue weighted by atomic mass is 9.95. The average Bonchev–Trinajstić information content (AvgIpc) is 2.31. The zero-order valence-corrected chi connectivity index (χ0v) is 9.41. The summed E-state index contributed by atoms with van der Waals surface area (Å²) in [6, 6.07) is 0. The van der Waals surface area contributed by atoms with Crippen LogP contribution in [0.3, 0.4) is 0 Å². The van der Waals surface area contributed by atoms with Gasteiger partial charge in [-0.3, -0.25) is 0 Å². The molecule has 0 unspecified atom stereocenters. The zero-order valence-electron chi connectivity index (χ0n) is 9.41. The minimum absolute atomic E-state index is 0.260. The monoisotopic (exact) mass is 210 g/mol. The summed E-state index contributed by atoms with van der Waals surface area (Å²) in [5, 5.41) is 0. The van der Waals surface area contributed by atoms with Crippen LogP contribution in [0.4, 0.5) is 0 Å². The van der Waals surface area contributed by atoms with Crippen LogP contribution in [0.2, 0.25) is 0 Å². The van der Waals surface area contributed by atoms with Gasteiger partial charge in [0.15, 0.2) is 0 Å². The second kappa shape index (κ2) is 6.27. The summed E-state index contributed by atoms with van der Waals surface area (Å²) in [6.07, 6.45) is 9.76. The van der Waals surface area contributed by atoms with Crippen LogP contribution >= 0.6 is 0 Å². The number of allylic oxidation sites excluding steroid dienone is 3. The van der Waals surface area contributed by atoms with E-state index in [1.54, 1.807) is 6.08 Å². The molecule has 3 nitrogen and oxygen atoms in total. The van der Waals surface area contributed by atoms with Gasteiger partial charge in [-0.1, -0.05) is 18.1 Å². The van der Waals surface area contributed by atoms with E-state index in [4.69, 9.17) is 4.74 Å². The Labute approximate surface area is 90.8 Å². The number of hydrogen-bond acceptors (Lipinski definition) is 3. The van der Waals surface area contributed by atoms with E-state index in [1.807, 2.05) is 6.08 Å². The van der Waals surface area contributed by atoms with E-state index < -0.39 is 5.97 Å². The Morgan fingerprint density at radius 1 is 1.13 bits per heavy atom. The number of rotatable bonds is 3. The van der Waals surface area contributed by atoms with E-state index in [2.05, 4.69) is 4.74 Å². The highest BCUT2D eigenvalue weighted by Gasteiger charge is 2.09. The Bertz CT molecular complexity index is 269. The van der Waals surface area contributed by atoms with Gasteiger partial charge in [0.2, 0.25) is 5.76 Å². The van der Waals surface area contributed by atoms with Crippen molar-refractivity contribution in [3.05, 3.63) is 23.5 Å². The predicted molar refractivity (Wildman–Crippen MR) is 58.3 cm³/mol. The molecule has 15 heavy (non-hydrogen) atoms. The number of hydrogen-bond donors (Lipinski definition) is 0. The number of carbonyl (C=O) groups excluding carboxylic acids is 1. The van der Waals surface area contributed by atoms with Crippen LogP contribution in [-0.2, 0) is 14.3 Å². The summed E-state index contributed by atoms with van der Waals surface area (Å²) in [5.41, 5.74) is 1.39. The molecule has 0 spiro atoms. The largest absolute Gasteiger partial charge is 0.490 e. The smallest absolute Gasteiger partial charge is 0.373 e. The Morgan fingerprint density at radius 3 is 2.33 bits per heavy atom. The van der Waals surface area contributed by atoms with E-state index in [1.165, 1.54) is 39.1 Å². The van der Waals surface area contributed by atoms with Crippen LogP contribution in [0.25, 0.3) is 0 Å². The molecule has 0 aromatic heterocycles. The first-order valence-electron chi connectivity index (χ1n) is 5.30. The second-order valence-corrected chi connectivity index (χ2v) is 3.61. The molecule has 1 saturated carbocycles. The van der Waals surface area contributed by atoms with Gasteiger partial charge in [-0.25, -0.2) is 4.79 Å². The van der Waals surface area contributed by atoms with Gasteiger partial charge in [0.25, 0.3) is 0 Å². The number of esters is 1. The lowest BCUT2D eigenvalue weighted by Gasteiger charge is -2.12. The lowest BCUT2D eigenvalue weighted by molar-refractivity contribution is -0.139. The van der Waals surface area contributed by atoms with Gasteiger partial charge in [-0.15, -0.1) is 0 Å². The van der Waals surface area contributed by atoms with Crippen LogP contribution in [0, 0.1) is 0 Å². The molecule has 0 aromatic rings. The number of methoxy groups -OCH3 is 2. The highest BCUT2D eigenvalue weighted by molar-refractivity contribution is 5.86. The third-order valence-corrected chi connectivity index (χ3v) is 2.57. The summed E-state index contributed by atoms with van der Waals surface area (Å²) in [5.74, 6) is -0.166. The predicted octanol–water partition coefficient (Wildman–Crippen LogP) is 2.58. The summed E-state index contributed by atoms with van der Waals surface area (Å²) in [7, 11) is 2.82. The molecule has 1 aliphatic rings. The van der Waals surface area contributed by atoms with E-state index in [0.717, 1.165) is 12.8 Å². The molecule has 0 radical (unpaired) electrons. The first-order chi connectivity index (χ1) is 7.27. The van der Waals surface area contributed by atoms with E-state index >= 15 is 0 Å². The molecule has 0 bridgehead atoms. The molecule has 0 saturated heterocycles. The highest BCUT2D eigenvalue weighted by atomic mass is 16.6. The molecule has 1 fully saturated rings. The van der Waals surface area contributed by atoms with Crippen LogP contribution in [-0.4, -0.2) is 20.2 Å². The maximum atomic E-state index is 11.2. The molecule has 84 valence electrons. The standard InChI is InChI=1S/C12H18O3/c1-14-11(12(13)15-2)9-8-10-6-4-3-5-7-10/h8-9H,3-7H2,1-2H3/b11-9+. The molecular formula is C12H18O3. The molecule has 0 aliphatic heterocycles. The van der Waals surface area contributed by atoms with Crippen molar-refractivity contribution in [1.82, 2.24) is 0 Å². The van der Waals surface area contributed by atoms with Gasteiger partial charge in [0.1, 0.15) is 0 Å². The van der Waals surface area contributed by atoms with Gasteiger partial charge >= 0.3 is 5.97 Å². The van der Waals surface area contributed by atoms with E-state index in [9.17, 15) is 4.79 Å². The zero-order chi connectivity index (χ0) is 11.1. The summed E-state index contributed by atoms with van der Waals surface area (Å²) < 4.78 is 9.52. The maximum absolute atomic E-state index is 11.2. The summed E-state index contributed by atoms with van der Waals surface area (Å²) in [4.78, 5) is 11.2. The molecule has 1 rings (SSSR count). The summed E-state index contributed by atoms with van der Waals surface area (Å²) in [6.45, 7) is 0. The Hall–Kier alpha value is -1.25. The molecule has 1 aliphatic carbocycles. The van der Waals surface area contributed by atoms with Gasteiger partial charge in [-0.2, -0.15) is 0 Å². The third kappa shape index (κ3) is 3.78. The van der Waals surface area contributed by atoms with E-state index in [-0.39, 0.29) is 5.76 Å². The fraction of sp³-hybridized carbons (Fsp3) is 0.583. The molecule has 0 atom stereocenters. The quantitative estimate of drug-likeness (QED) is 0.408. The Balaban J connectivity index is 2.62. The summed E-state index contributed by atoms with van der Waals surface area (Å²) >= 11 is 0. The molecule has 0 aromatic carbocycles. The lowest BCUT2D eigenvalue weighted by Crippen LogP contribution is -2.06. The average molecular weight is 210 g/mol. The highest BCUT2D eigenvalue weighted by Crippen LogP contribution is 2.22. The van der Waals surface area contributed by atoms with Crippen molar-refractivity contribution in [2.24, 2.45) is 0 Å². The molecule has 0 amide bonds. The molecule has 0 heterocycles. The minimum Gasteiger partial charge on any atom is -0.490 e. The maximum Gasteiger partial charge on any atom is 0.373 e. The molecular weight excluding hydrogens is 192 g/mol. The number of ether oxygens (including phenoxy) is 2. The van der Waals surface area contributed by atoms with Crippen LogP contribution < -0.4 is 0 Å². The SMILES string of the molecule is COC(=O)/C(=C\C=C1CCCCC1)OC. The Kier molecular flexibility index (Phi) is 4.95. The van der Waals surface area contributed by atoms with Crippen molar-refractivity contribution in [1.29, 1.82) is 0 Å². The Morgan fingerprint density at radius 2 is 1.80 bits per heavy atom. The normalized spacial score (nSPS) is 17.2. The van der Waals surface area contributed by atoms with Crippen molar-refractivity contribution < 1.29 is 14.3 Å². The van der Waals surface area contributed by atoms with E-state index in [0.29, 0.717) is 0 Å². The van der Waals surface area contributed by atoms with Crippen LogP contribution in [0.1, 0.15) is 32.1 Å². The van der Waals surface area contributed by atoms with Gasteiger partial charge in [0.05, 0.1) is 14.2 Å². The van der Waals surface area contributed by atoms with Crippen molar-refractivity contribution >= 4 is 5.97 Å².